The van der Waals surface area contributed by atoms with Crippen molar-refractivity contribution in [3.05, 3.63) is 34.6 Å². The highest BCUT2D eigenvalue weighted by atomic mass is 35.5. The first-order valence-corrected chi connectivity index (χ1v) is 4.68. The second kappa shape index (κ2) is 5.29. The van der Waals surface area contributed by atoms with Gasteiger partial charge in [0.05, 0.1) is 17.7 Å². The maximum absolute atomic E-state index is 13.1. The molecule has 0 bridgehead atoms. The van der Waals surface area contributed by atoms with Gasteiger partial charge in [0.2, 0.25) is 0 Å². The molecule has 1 atom stereocenters. The number of hydrogen-bond donors (Lipinski definition) is 1. The van der Waals surface area contributed by atoms with Gasteiger partial charge >= 0.3 is 0 Å². The molecule has 0 saturated heterocycles. The molecule has 0 aliphatic carbocycles. The molecule has 0 saturated carbocycles. The Bertz CT molecular complexity index is 306. The first kappa shape index (κ1) is 11.4. The number of nitrogens with one attached hydrogen (secondary N) is 1. The summed E-state index contributed by atoms with van der Waals surface area (Å²) in [5, 5.41) is 3.17. The molecule has 0 aliphatic rings. The fourth-order valence-corrected chi connectivity index (χ4v) is 1.54. The van der Waals surface area contributed by atoms with Gasteiger partial charge in [-0.1, -0.05) is 23.7 Å². The molecule has 0 heterocycles. The highest BCUT2D eigenvalue weighted by molar-refractivity contribution is 6.31. The van der Waals surface area contributed by atoms with Crippen molar-refractivity contribution in [2.24, 2.45) is 0 Å². The summed E-state index contributed by atoms with van der Waals surface area (Å²) in [5.41, 5.74) is 0.719. The summed E-state index contributed by atoms with van der Waals surface area (Å²) in [4.78, 5) is 0. The first-order valence-electron chi connectivity index (χ1n) is 4.30. The van der Waals surface area contributed by atoms with E-state index in [1.807, 2.05) is 0 Å². The second-order valence-corrected chi connectivity index (χ2v) is 3.32. The summed E-state index contributed by atoms with van der Waals surface area (Å²) < 4.78 is 18.1. The van der Waals surface area contributed by atoms with Gasteiger partial charge in [-0.2, -0.15) is 0 Å². The Hall–Kier alpha value is -0.640. The lowest BCUT2D eigenvalue weighted by molar-refractivity contribution is 0.170. The molecule has 78 valence electrons. The zero-order valence-electron chi connectivity index (χ0n) is 8.18. The van der Waals surface area contributed by atoms with E-state index in [0.717, 1.165) is 5.56 Å². The minimum Gasteiger partial charge on any atom is -0.383 e. The van der Waals surface area contributed by atoms with Crippen LogP contribution in [0.25, 0.3) is 0 Å². The van der Waals surface area contributed by atoms with Crippen molar-refractivity contribution in [2.75, 3.05) is 20.8 Å². The molecule has 0 spiro atoms. The Balaban J connectivity index is 2.97. The van der Waals surface area contributed by atoms with Crippen molar-refractivity contribution < 1.29 is 9.13 Å². The summed E-state index contributed by atoms with van der Waals surface area (Å²) in [6.45, 7) is 0.458. The number of halogens is 2. The molecule has 1 rings (SSSR count). The van der Waals surface area contributed by atoms with E-state index in [9.17, 15) is 4.39 Å². The summed E-state index contributed by atoms with van der Waals surface area (Å²) >= 11 is 5.83. The van der Waals surface area contributed by atoms with Crippen LogP contribution in [-0.2, 0) is 4.74 Å². The largest absolute Gasteiger partial charge is 0.383 e. The van der Waals surface area contributed by atoms with Gasteiger partial charge in [-0.25, -0.2) is 4.39 Å². The third kappa shape index (κ3) is 2.44. The smallest absolute Gasteiger partial charge is 0.142 e. The van der Waals surface area contributed by atoms with Gasteiger partial charge in [0.25, 0.3) is 0 Å². The average Bonchev–Trinajstić information content (AvgIpc) is 2.19. The van der Waals surface area contributed by atoms with E-state index in [1.165, 1.54) is 6.07 Å². The Morgan fingerprint density at radius 2 is 2.29 bits per heavy atom. The SMILES string of the molecule is CNC(COC)c1cccc(F)c1Cl. The van der Waals surface area contributed by atoms with Crippen LogP contribution in [0.1, 0.15) is 11.6 Å². The molecule has 1 aromatic rings. The van der Waals surface area contributed by atoms with E-state index in [0.29, 0.717) is 6.61 Å². The third-order valence-electron chi connectivity index (χ3n) is 2.04. The predicted molar refractivity (Wildman–Crippen MR) is 55.1 cm³/mol. The minimum absolute atomic E-state index is 0.0804. The zero-order chi connectivity index (χ0) is 10.6. The van der Waals surface area contributed by atoms with Gasteiger partial charge in [0.15, 0.2) is 0 Å². The first-order chi connectivity index (χ1) is 6.70. The van der Waals surface area contributed by atoms with Gasteiger partial charge in [-0.05, 0) is 18.7 Å². The highest BCUT2D eigenvalue weighted by Crippen LogP contribution is 2.25. The monoisotopic (exact) mass is 217 g/mol. The molecule has 0 amide bonds. The van der Waals surface area contributed by atoms with Crippen LogP contribution in [0.15, 0.2) is 18.2 Å². The van der Waals surface area contributed by atoms with E-state index in [-0.39, 0.29) is 11.1 Å². The van der Waals surface area contributed by atoms with Crippen LogP contribution in [0.3, 0.4) is 0 Å². The molecular weight excluding hydrogens is 205 g/mol. The lowest BCUT2D eigenvalue weighted by atomic mass is 10.1. The topological polar surface area (TPSA) is 21.3 Å². The third-order valence-corrected chi connectivity index (χ3v) is 2.44. The number of ether oxygens (including phenoxy) is 1. The molecule has 0 aromatic heterocycles. The van der Waals surface area contributed by atoms with Crippen molar-refractivity contribution in [1.29, 1.82) is 0 Å². The van der Waals surface area contributed by atoms with Crippen LogP contribution in [0.4, 0.5) is 4.39 Å². The van der Waals surface area contributed by atoms with Crippen LogP contribution in [0.2, 0.25) is 5.02 Å². The van der Waals surface area contributed by atoms with Gasteiger partial charge in [-0.3, -0.25) is 0 Å². The van der Waals surface area contributed by atoms with Crippen LogP contribution in [0.5, 0.6) is 0 Å². The van der Waals surface area contributed by atoms with Crippen molar-refractivity contribution in [3.8, 4) is 0 Å². The molecule has 1 unspecified atom stereocenters. The number of methoxy groups -OCH3 is 1. The number of benzene rings is 1. The van der Waals surface area contributed by atoms with E-state index in [4.69, 9.17) is 16.3 Å². The molecule has 0 aliphatic heterocycles. The fourth-order valence-electron chi connectivity index (χ4n) is 1.28. The summed E-state index contributed by atoms with van der Waals surface area (Å²) in [6, 6.07) is 4.68. The van der Waals surface area contributed by atoms with Gasteiger partial charge in [0, 0.05) is 7.11 Å². The van der Waals surface area contributed by atoms with E-state index in [2.05, 4.69) is 5.32 Å². The maximum atomic E-state index is 13.1. The van der Waals surface area contributed by atoms with E-state index >= 15 is 0 Å². The molecular formula is C10H13ClFNO. The lowest BCUT2D eigenvalue weighted by Gasteiger charge is -2.16. The van der Waals surface area contributed by atoms with Crippen LogP contribution < -0.4 is 5.32 Å². The Morgan fingerprint density at radius 1 is 1.57 bits per heavy atom. The minimum atomic E-state index is -0.402. The fraction of sp³-hybridized carbons (Fsp3) is 0.400. The van der Waals surface area contributed by atoms with E-state index < -0.39 is 5.82 Å². The van der Waals surface area contributed by atoms with Crippen LogP contribution in [-0.4, -0.2) is 20.8 Å². The molecule has 1 aromatic carbocycles. The molecule has 0 radical (unpaired) electrons. The van der Waals surface area contributed by atoms with Gasteiger partial charge < -0.3 is 10.1 Å². The molecule has 14 heavy (non-hydrogen) atoms. The van der Waals surface area contributed by atoms with Crippen LogP contribution in [0, 0.1) is 5.82 Å². The van der Waals surface area contributed by atoms with Crippen LogP contribution >= 0.6 is 11.6 Å². The maximum Gasteiger partial charge on any atom is 0.142 e. The Kier molecular flexibility index (Phi) is 4.32. The molecule has 2 nitrogen and oxygen atoms in total. The molecule has 4 heteroatoms. The predicted octanol–water partition coefficient (Wildman–Crippen LogP) is 2.39. The normalized spacial score (nSPS) is 12.9. The van der Waals surface area contributed by atoms with E-state index in [1.54, 1.807) is 26.3 Å². The number of hydrogen-bond acceptors (Lipinski definition) is 2. The summed E-state index contributed by atoms with van der Waals surface area (Å²) in [6.07, 6.45) is 0. The van der Waals surface area contributed by atoms with Crippen molar-refractivity contribution >= 4 is 11.6 Å². The Labute approximate surface area is 88.0 Å². The average molecular weight is 218 g/mol. The van der Waals surface area contributed by atoms with Crippen molar-refractivity contribution in [3.63, 3.8) is 0 Å². The molecule has 1 N–H and O–H groups in total. The lowest BCUT2D eigenvalue weighted by Crippen LogP contribution is -2.21. The second-order valence-electron chi connectivity index (χ2n) is 2.94. The standard InChI is InChI=1S/C10H13ClFNO/c1-13-9(6-14-2)7-4-3-5-8(12)10(7)11/h3-5,9,13H,6H2,1-2H3. The summed E-state index contributed by atoms with van der Waals surface area (Å²) in [7, 11) is 3.38. The zero-order valence-corrected chi connectivity index (χ0v) is 8.94. The number of likely N-dealkylation sites (N-methyl/N-ethyl adjacent to an activating group) is 1. The number of rotatable bonds is 4. The summed E-state index contributed by atoms with van der Waals surface area (Å²) in [5.74, 6) is -0.402. The van der Waals surface area contributed by atoms with Crippen molar-refractivity contribution in [1.82, 2.24) is 5.32 Å². The highest BCUT2D eigenvalue weighted by Gasteiger charge is 2.14. The van der Waals surface area contributed by atoms with Crippen molar-refractivity contribution in [2.45, 2.75) is 6.04 Å². The quantitative estimate of drug-likeness (QED) is 0.836. The molecule has 0 fully saturated rings. The Morgan fingerprint density at radius 3 is 2.86 bits per heavy atom. The van der Waals surface area contributed by atoms with Gasteiger partial charge in [-0.15, -0.1) is 0 Å². The van der Waals surface area contributed by atoms with Gasteiger partial charge in [0.1, 0.15) is 5.82 Å².